The molecule has 0 saturated carbocycles. The van der Waals surface area contributed by atoms with Gasteiger partial charge in [-0.15, -0.1) is 0 Å². The smallest absolute Gasteiger partial charge is 0.410 e. The number of ether oxygens (including phenoxy) is 2. The molecule has 8 nitrogen and oxygen atoms in total. The van der Waals surface area contributed by atoms with Crippen LogP contribution in [0.3, 0.4) is 0 Å². The number of rotatable bonds is 2. The van der Waals surface area contributed by atoms with Crippen molar-refractivity contribution in [2.24, 2.45) is 4.99 Å². The number of anilines is 1. The molecule has 29 heavy (non-hydrogen) atoms. The normalized spacial score (nSPS) is 18.6. The average Bonchev–Trinajstić information content (AvgIpc) is 2.64. The van der Waals surface area contributed by atoms with Crippen LogP contribution in [-0.2, 0) is 4.74 Å². The Morgan fingerprint density at radius 1 is 1.45 bits per heavy atom. The lowest BCUT2D eigenvalue weighted by Gasteiger charge is -2.45. The molecule has 0 aromatic heterocycles. The van der Waals surface area contributed by atoms with Gasteiger partial charge in [0.15, 0.2) is 5.82 Å². The second kappa shape index (κ2) is 7.78. The number of nitrogens with zero attached hydrogens (tertiary/aromatic N) is 5. The summed E-state index contributed by atoms with van der Waals surface area (Å²) in [4.78, 5) is 21.8. The van der Waals surface area contributed by atoms with Gasteiger partial charge in [-0.2, -0.15) is 5.26 Å². The molecule has 1 fully saturated rings. The summed E-state index contributed by atoms with van der Waals surface area (Å²) in [7, 11) is 3.57. The topological polar surface area (TPSA) is 81.4 Å². The molecule has 0 bridgehead atoms. The van der Waals surface area contributed by atoms with Crippen molar-refractivity contribution in [1.82, 2.24) is 9.80 Å². The number of carbonyl (C=O) groups is 1. The van der Waals surface area contributed by atoms with E-state index < -0.39 is 17.5 Å². The summed E-state index contributed by atoms with van der Waals surface area (Å²) >= 11 is 0. The Hall–Kier alpha value is -3.02. The minimum absolute atomic E-state index is 0.124. The molecule has 2 heterocycles. The van der Waals surface area contributed by atoms with Crippen LogP contribution in [0, 0.1) is 17.1 Å². The van der Waals surface area contributed by atoms with E-state index in [1.807, 2.05) is 31.7 Å². The van der Waals surface area contributed by atoms with Gasteiger partial charge < -0.3 is 24.2 Å². The molecule has 9 heteroatoms. The SMILES string of the molecule is CN(C)/C=N/c1cc2c(c(F)c1C#N)N1CCN(C(=O)OC(C)(C)C)C[C@H]1CO2. The predicted molar refractivity (Wildman–Crippen MR) is 107 cm³/mol. The number of nitriles is 1. The number of benzene rings is 1. The van der Waals surface area contributed by atoms with Gasteiger partial charge in [0.2, 0.25) is 0 Å². The van der Waals surface area contributed by atoms with Crippen LogP contribution in [0.5, 0.6) is 5.75 Å². The summed E-state index contributed by atoms with van der Waals surface area (Å²) in [6, 6.07) is 3.28. The van der Waals surface area contributed by atoms with Gasteiger partial charge >= 0.3 is 6.09 Å². The average molecular weight is 403 g/mol. The predicted octanol–water partition coefficient (Wildman–Crippen LogP) is 2.74. The van der Waals surface area contributed by atoms with Gasteiger partial charge in [-0.1, -0.05) is 0 Å². The number of piperazine rings is 1. The van der Waals surface area contributed by atoms with Gasteiger partial charge in [0.05, 0.1) is 18.1 Å². The standard InChI is InChI=1S/C20H26FN5O3/c1-20(2,3)29-19(27)25-6-7-26-13(10-25)11-28-16-8-15(23-12-24(4)5)14(9-22)17(21)18(16)26/h8,12-13H,6-7,10-11H2,1-5H3/b23-12+/t13-/m0/s1. The van der Waals surface area contributed by atoms with Gasteiger partial charge in [0, 0.05) is 39.8 Å². The van der Waals surface area contributed by atoms with Crippen molar-refractivity contribution in [1.29, 1.82) is 5.26 Å². The van der Waals surface area contributed by atoms with E-state index >= 15 is 4.39 Å². The minimum Gasteiger partial charge on any atom is -0.489 e. The fourth-order valence-electron chi connectivity index (χ4n) is 3.34. The molecule has 1 aromatic rings. The van der Waals surface area contributed by atoms with Gasteiger partial charge in [-0.05, 0) is 20.8 Å². The van der Waals surface area contributed by atoms with Gasteiger partial charge in [-0.25, -0.2) is 14.2 Å². The zero-order valence-corrected chi connectivity index (χ0v) is 17.4. The van der Waals surface area contributed by atoms with Crippen LogP contribution in [0.1, 0.15) is 26.3 Å². The lowest BCUT2D eigenvalue weighted by molar-refractivity contribution is 0.0194. The molecule has 0 radical (unpaired) electrons. The van der Waals surface area contributed by atoms with Crippen molar-refractivity contribution in [3.8, 4) is 11.8 Å². The maximum atomic E-state index is 15.3. The second-order valence-corrected chi connectivity index (χ2v) is 8.34. The molecule has 0 N–H and O–H groups in total. The molecule has 1 saturated heterocycles. The number of amides is 1. The van der Waals surface area contributed by atoms with E-state index in [1.165, 1.54) is 6.34 Å². The quantitative estimate of drug-likeness (QED) is 0.558. The van der Waals surface area contributed by atoms with Crippen molar-refractivity contribution in [2.75, 3.05) is 45.2 Å². The van der Waals surface area contributed by atoms with Crippen LogP contribution in [-0.4, -0.2) is 74.2 Å². The van der Waals surface area contributed by atoms with E-state index in [-0.39, 0.29) is 23.0 Å². The monoisotopic (exact) mass is 403 g/mol. The van der Waals surface area contributed by atoms with Crippen molar-refractivity contribution >= 4 is 23.8 Å². The van der Waals surface area contributed by atoms with Crippen LogP contribution < -0.4 is 9.64 Å². The third-order valence-corrected chi connectivity index (χ3v) is 4.58. The second-order valence-electron chi connectivity index (χ2n) is 8.34. The Labute approximate surface area is 170 Å². The van der Waals surface area contributed by atoms with Crippen LogP contribution in [0.25, 0.3) is 0 Å². The molecular formula is C20H26FN5O3. The maximum Gasteiger partial charge on any atom is 0.410 e. The fourth-order valence-corrected chi connectivity index (χ4v) is 3.34. The van der Waals surface area contributed by atoms with Gasteiger partial charge in [-0.3, -0.25) is 0 Å². The number of carbonyl (C=O) groups excluding carboxylic acids is 1. The molecule has 0 unspecified atom stereocenters. The molecule has 156 valence electrons. The first-order valence-electron chi connectivity index (χ1n) is 9.45. The number of aliphatic imine (C=N–C) groups is 1. The van der Waals surface area contributed by atoms with Crippen molar-refractivity contribution in [2.45, 2.75) is 32.4 Å². The van der Waals surface area contributed by atoms with Crippen LogP contribution in [0.2, 0.25) is 0 Å². The van der Waals surface area contributed by atoms with E-state index in [9.17, 15) is 10.1 Å². The molecule has 1 atom stereocenters. The highest BCUT2D eigenvalue weighted by Gasteiger charge is 2.38. The molecular weight excluding hydrogens is 377 g/mol. The highest BCUT2D eigenvalue weighted by molar-refractivity contribution is 5.76. The number of halogens is 1. The first-order valence-corrected chi connectivity index (χ1v) is 9.45. The Balaban J connectivity index is 1.87. The molecule has 1 amide bonds. The zero-order chi connectivity index (χ0) is 21.3. The van der Waals surface area contributed by atoms with E-state index in [1.54, 1.807) is 30.0 Å². The molecule has 2 aliphatic rings. The maximum absolute atomic E-state index is 15.3. The highest BCUT2D eigenvalue weighted by Crippen LogP contribution is 2.42. The van der Waals surface area contributed by atoms with E-state index in [4.69, 9.17) is 9.47 Å². The Morgan fingerprint density at radius 2 is 2.17 bits per heavy atom. The van der Waals surface area contributed by atoms with Gasteiger partial charge in [0.1, 0.15) is 35.3 Å². The first-order chi connectivity index (χ1) is 13.6. The van der Waals surface area contributed by atoms with Crippen LogP contribution >= 0.6 is 0 Å². The molecule has 3 rings (SSSR count). The van der Waals surface area contributed by atoms with Crippen molar-refractivity contribution in [3.05, 3.63) is 17.4 Å². The summed E-state index contributed by atoms with van der Waals surface area (Å²) in [5.74, 6) is -0.291. The van der Waals surface area contributed by atoms with Crippen LogP contribution in [0.4, 0.5) is 20.6 Å². The van der Waals surface area contributed by atoms with Crippen molar-refractivity contribution in [3.63, 3.8) is 0 Å². The molecule has 0 spiro atoms. The lowest BCUT2D eigenvalue weighted by Crippen LogP contribution is -2.59. The van der Waals surface area contributed by atoms with Crippen LogP contribution in [0.15, 0.2) is 11.1 Å². The summed E-state index contributed by atoms with van der Waals surface area (Å²) in [5, 5.41) is 9.48. The first kappa shape index (κ1) is 20.7. The summed E-state index contributed by atoms with van der Waals surface area (Å²) in [5.41, 5.74) is -0.226. The highest BCUT2D eigenvalue weighted by atomic mass is 19.1. The Kier molecular flexibility index (Phi) is 5.55. The number of hydrogen-bond donors (Lipinski definition) is 0. The lowest BCUT2D eigenvalue weighted by atomic mass is 10.0. The number of fused-ring (bicyclic) bond motifs is 3. The van der Waals surface area contributed by atoms with E-state index in [2.05, 4.69) is 4.99 Å². The zero-order valence-electron chi connectivity index (χ0n) is 17.4. The minimum atomic E-state index is -0.647. The Bertz CT molecular complexity index is 872. The van der Waals surface area contributed by atoms with Gasteiger partial charge in [0.25, 0.3) is 0 Å². The summed E-state index contributed by atoms with van der Waals surface area (Å²) < 4.78 is 26.5. The molecule has 0 aliphatic carbocycles. The fraction of sp³-hybridized carbons (Fsp3) is 0.550. The Morgan fingerprint density at radius 3 is 2.79 bits per heavy atom. The largest absolute Gasteiger partial charge is 0.489 e. The summed E-state index contributed by atoms with van der Waals surface area (Å²) in [6.45, 7) is 6.92. The van der Waals surface area contributed by atoms with E-state index in [0.29, 0.717) is 32.0 Å². The van der Waals surface area contributed by atoms with Crippen molar-refractivity contribution < 1.29 is 18.7 Å². The van der Waals surface area contributed by atoms with E-state index in [0.717, 1.165) is 0 Å². The molecule has 2 aliphatic heterocycles. The third-order valence-electron chi connectivity index (χ3n) is 4.58. The summed E-state index contributed by atoms with van der Waals surface area (Å²) in [6.07, 6.45) is 1.11. The number of hydrogen-bond acceptors (Lipinski definition) is 6. The third kappa shape index (κ3) is 4.36. The molecule has 1 aromatic carbocycles.